The van der Waals surface area contributed by atoms with E-state index in [0.29, 0.717) is 42.9 Å². The summed E-state index contributed by atoms with van der Waals surface area (Å²) in [6.07, 6.45) is -17.5. The van der Waals surface area contributed by atoms with E-state index in [1.165, 1.54) is 6.07 Å². The monoisotopic (exact) mass is 521 g/mol. The van der Waals surface area contributed by atoms with Crippen LogP contribution in [-0.2, 0) is 10.8 Å². The second kappa shape index (κ2) is 6.98. The van der Waals surface area contributed by atoms with Crippen LogP contribution in [0.5, 0.6) is 0 Å². The van der Waals surface area contributed by atoms with Gasteiger partial charge in [-0.25, -0.2) is 0 Å². The van der Waals surface area contributed by atoms with Gasteiger partial charge in [-0.1, -0.05) is 19.9 Å². The maximum Gasteiger partial charge on any atom is 0.416 e. The van der Waals surface area contributed by atoms with Crippen LogP contribution < -0.4 is 0 Å². The molecule has 3 aliphatic carbocycles. The number of aromatic nitrogens is 1. The van der Waals surface area contributed by atoms with Gasteiger partial charge in [0.25, 0.3) is 5.41 Å². The number of rotatable bonds is 1. The number of nitrogens with one attached hydrogen (secondary N) is 1. The third-order valence-electron chi connectivity index (χ3n) is 8.35. The van der Waals surface area contributed by atoms with E-state index in [1.54, 1.807) is 6.07 Å². The lowest BCUT2D eigenvalue weighted by molar-refractivity contribution is -0.387. The summed E-state index contributed by atoms with van der Waals surface area (Å²) in [5.74, 6) is -0.0924. The Hall–Kier alpha value is -2.72. The highest BCUT2D eigenvalue weighted by Gasteiger charge is 2.84. The van der Waals surface area contributed by atoms with Crippen molar-refractivity contribution < 1.29 is 44.3 Å². The molecule has 36 heavy (non-hydrogen) atoms. The van der Waals surface area contributed by atoms with E-state index >= 15 is 0 Å². The fourth-order valence-electron chi connectivity index (χ4n) is 6.02. The number of Topliss-reactive ketones (excluding diaryl/α,β-unsaturated/α-hetero) is 1. The minimum absolute atomic E-state index is 0.0586. The number of halogens is 9. The molecule has 0 spiro atoms. The van der Waals surface area contributed by atoms with Gasteiger partial charge in [0.2, 0.25) is 0 Å². The van der Waals surface area contributed by atoms with Gasteiger partial charge in [-0.3, -0.25) is 4.79 Å². The van der Waals surface area contributed by atoms with Gasteiger partial charge in [0.15, 0.2) is 5.78 Å². The standard InChI is InChI=1S/C25H20F9NO/c1-20-5-7-21(2,8-6-20)19(36)15-11-18-14(10-16(15)20)13-9-12(3-4-17(13)35-18)22(23(26,27)28,24(29,30)31)25(32,33)34/h3-4,9-11,35H,5-8H2,1-2H3. The number of hydrogen-bond acceptors (Lipinski definition) is 1. The molecule has 6 rings (SSSR count). The highest BCUT2D eigenvalue weighted by Crippen LogP contribution is 2.61. The van der Waals surface area contributed by atoms with Crippen LogP contribution in [0.25, 0.3) is 21.8 Å². The van der Waals surface area contributed by atoms with Gasteiger partial charge in [-0.2, -0.15) is 39.5 Å². The predicted molar refractivity (Wildman–Crippen MR) is 114 cm³/mol. The summed E-state index contributed by atoms with van der Waals surface area (Å²) in [5.41, 5.74) is -7.72. The zero-order chi connectivity index (χ0) is 26.7. The van der Waals surface area contributed by atoms with Gasteiger partial charge in [0.1, 0.15) is 0 Å². The Labute approximate surface area is 198 Å². The summed E-state index contributed by atoms with van der Waals surface area (Å²) in [6.45, 7) is 3.81. The number of aromatic amines is 1. The lowest BCUT2D eigenvalue weighted by Crippen LogP contribution is -2.63. The van der Waals surface area contributed by atoms with Crippen molar-refractivity contribution in [3.8, 4) is 0 Å². The van der Waals surface area contributed by atoms with Crippen molar-refractivity contribution in [2.24, 2.45) is 5.41 Å². The Morgan fingerprint density at radius 3 is 1.72 bits per heavy atom. The molecule has 2 bridgehead atoms. The first-order chi connectivity index (χ1) is 16.4. The van der Waals surface area contributed by atoms with Gasteiger partial charge in [0.05, 0.1) is 0 Å². The number of fused-ring (bicyclic) bond motifs is 5. The molecular weight excluding hydrogens is 501 g/mol. The SMILES string of the molecule is CC12CCC(C)(CC1)c1cc3c(cc1C2=O)[nH]c1ccc(C(C(F)(F)F)(C(F)(F)F)C(F)(F)F)cc13. The highest BCUT2D eigenvalue weighted by atomic mass is 19.4. The fraction of sp³-hybridized carbons (Fsp3) is 0.480. The number of ketones is 1. The summed E-state index contributed by atoms with van der Waals surface area (Å²) in [5, 5.41) is -0.0518. The number of carbonyl (C=O) groups excluding carboxylic acids is 1. The molecule has 0 aliphatic heterocycles. The molecule has 2 nitrogen and oxygen atoms in total. The number of hydrogen-bond donors (Lipinski definition) is 1. The van der Waals surface area contributed by atoms with Crippen molar-refractivity contribution in [2.75, 3.05) is 0 Å². The molecule has 0 atom stereocenters. The normalized spacial score (nSPS) is 25.5. The minimum atomic E-state index is -6.70. The van der Waals surface area contributed by atoms with E-state index in [1.807, 2.05) is 13.8 Å². The summed E-state index contributed by atoms with van der Waals surface area (Å²) in [6, 6.07) is 4.36. The molecule has 1 aromatic heterocycles. The van der Waals surface area contributed by atoms with Crippen molar-refractivity contribution >= 4 is 27.6 Å². The Bertz CT molecular complexity index is 1360. The smallest absolute Gasteiger partial charge is 0.354 e. The van der Waals surface area contributed by atoms with Crippen molar-refractivity contribution in [1.82, 2.24) is 4.98 Å². The first-order valence-corrected chi connectivity index (χ1v) is 11.2. The quantitative estimate of drug-likeness (QED) is 0.321. The Morgan fingerprint density at radius 1 is 0.694 bits per heavy atom. The van der Waals surface area contributed by atoms with Crippen LogP contribution in [0.4, 0.5) is 39.5 Å². The number of alkyl halides is 9. The van der Waals surface area contributed by atoms with E-state index < -0.39 is 40.3 Å². The van der Waals surface area contributed by atoms with Crippen molar-refractivity contribution in [3.05, 3.63) is 47.0 Å². The maximum atomic E-state index is 13.7. The highest BCUT2D eigenvalue weighted by molar-refractivity contribution is 6.12. The van der Waals surface area contributed by atoms with Crippen LogP contribution in [0.3, 0.4) is 0 Å². The Kier molecular flexibility index (Phi) is 4.84. The molecule has 0 saturated heterocycles. The minimum Gasteiger partial charge on any atom is -0.354 e. The van der Waals surface area contributed by atoms with Crippen LogP contribution in [0, 0.1) is 5.41 Å². The second-order valence-corrected chi connectivity index (χ2v) is 10.5. The molecule has 194 valence electrons. The molecular formula is C25H20F9NO. The van der Waals surface area contributed by atoms with Gasteiger partial charge in [-0.05, 0) is 66.5 Å². The van der Waals surface area contributed by atoms with E-state index in [-0.39, 0.29) is 33.7 Å². The summed E-state index contributed by atoms with van der Waals surface area (Å²) in [4.78, 5) is 16.2. The van der Waals surface area contributed by atoms with Crippen molar-refractivity contribution in [1.29, 1.82) is 0 Å². The van der Waals surface area contributed by atoms with Crippen molar-refractivity contribution in [2.45, 2.75) is 68.9 Å². The summed E-state index contributed by atoms with van der Waals surface area (Å²) < 4.78 is 123. The van der Waals surface area contributed by atoms with E-state index in [9.17, 15) is 44.3 Å². The Balaban J connectivity index is 1.83. The molecule has 11 heteroatoms. The summed E-state index contributed by atoms with van der Waals surface area (Å²) >= 11 is 0. The molecule has 1 saturated carbocycles. The fourth-order valence-corrected chi connectivity index (χ4v) is 6.02. The van der Waals surface area contributed by atoms with Crippen LogP contribution in [-0.4, -0.2) is 29.3 Å². The zero-order valence-electron chi connectivity index (χ0n) is 19.0. The van der Waals surface area contributed by atoms with Gasteiger partial charge < -0.3 is 4.98 Å². The van der Waals surface area contributed by atoms with E-state index in [2.05, 4.69) is 4.98 Å². The molecule has 1 fully saturated rings. The van der Waals surface area contributed by atoms with Crippen LogP contribution >= 0.6 is 0 Å². The third-order valence-corrected chi connectivity index (χ3v) is 8.35. The first-order valence-electron chi connectivity index (χ1n) is 11.2. The molecule has 3 aromatic rings. The van der Waals surface area contributed by atoms with Crippen LogP contribution in [0.15, 0.2) is 30.3 Å². The first kappa shape index (κ1) is 25.0. The van der Waals surface area contributed by atoms with Crippen molar-refractivity contribution in [3.63, 3.8) is 0 Å². The third kappa shape index (κ3) is 3.03. The predicted octanol–water partition coefficient (Wildman–Crippen LogP) is 8.28. The molecule has 0 unspecified atom stereocenters. The average molecular weight is 521 g/mol. The van der Waals surface area contributed by atoms with E-state index in [0.717, 1.165) is 6.07 Å². The maximum absolute atomic E-state index is 13.7. The lowest BCUT2D eigenvalue weighted by Gasteiger charge is -2.39. The number of carbonyl (C=O) groups is 1. The van der Waals surface area contributed by atoms with Gasteiger partial charge in [-0.15, -0.1) is 0 Å². The average Bonchev–Trinajstić information content (AvgIpc) is 3.02. The molecule has 1 heterocycles. The van der Waals surface area contributed by atoms with Gasteiger partial charge >= 0.3 is 18.5 Å². The molecule has 0 amide bonds. The van der Waals surface area contributed by atoms with Crippen LogP contribution in [0.2, 0.25) is 0 Å². The molecule has 1 N–H and O–H groups in total. The van der Waals surface area contributed by atoms with Crippen LogP contribution in [0.1, 0.15) is 61.0 Å². The zero-order valence-corrected chi connectivity index (χ0v) is 19.0. The summed E-state index contributed by atoms with van der Waals surface area (Å²) in [7, 11) is 0. The van der Waals surface area contributed by atoms with E-state index in [4.69, 9.17) is 0 Å². The molecule has 3 aliphatic rings. The topological polar surface area (TPSA) is 32.9 Å². The Morgan fingerprint density at radius 2 is 1.19 bits per heavy atom. The largest absolute Gasteiger partial charge is 0.416 e. The van der Waals surface area contributed by atoms with Gasteiger partial charge in [0, 0.05) is 32.8 Å². The molecule has 2 aromatic carbocycles. The second-order valence-electron chi connectivity index (χ2n) is 10.5. The lowest BCUT2D eigenvalue weighted by atomic mass is 9.65. The molecule has 0 radical (unpaired) electrons. The number of H-pyrrole nitrogens is 1. The number of benzene rings is 2.